The number of halogens is 1. The summed E-state index contributed by atoms with van der Waals surface area (Å²) in [6.07, 6.45) is 0. The standard InChI is InChI=1S/C12H14FN3O2S/c1-18-5-4-14-11(17)7-15-12-16-9-6-8(13)2-3-10(9)19-12/h2-3,6H,4-5,7H2,1H3,(H,14,17)(H,15,16). The molecule has 19 heavy (non-hydrogen) atoms. The maximum Gasteiger partial charge on any atom is 0.239 e. The molecule has 1 amide bonds. The van der Waals surface area contributed by atoms with E-state index in [-0.39, 0.29) is 18.3 Å². The minimum atomic E-state index is -0.318. The van der Waals surface area contributed by atoms with E-state index >= 15 is 0 Å². The average Bonchev–Trinajstić information content (AvgIpc) is 2.78. The second kappa shape index (κ2) is 6.44. The number of nitrogens with zero attached hydrogens (tertiary/aromatic N) is 1. The molecule has 102 valence electrons. The molecule has 0 radical (unpaired) electrons. The second-order valence-corrected chi connectivity index (χ2v) is 4.86. The first-order chi connectivity index (χ1) is 9.19. The van der Waals surface area contributed by atoms with Crippen molar-refractivity contribution < 1.29 is 13.9 Å². The molecule has 1 aromatic carbocycles. The number of thiazole rings is 1. The maximum atomic E-state index is 13.0. The monoisotopic (exact) mass is 283 g/mol. The number of rotatable bonds is 6. The zero-order chi connectivity index (χ0) is 13.7. The molecule has 1 aromatic heterocycles. The lowest BCUT2D eigenvalue weighted by Gasteiger charge is -2.04. The molecule has 0 aliphatic carbocycles. The summed E-state index contributed by atoms with van der Waals surface area (Å²) in [7, 11) is 1.57. The van der Waals surface area contributed by atoms with Crippen molar-refractivity contribution in [1.82, 2.24) is 10.3 Å². The van der Waals surface area contributed by atoms with Gasteiger partial charge in [-0.1, -0.05) is 11.3 Å². The van der Waals surface area contributed by atoms with E-state index in [0.29, 0.717) is 23.8 Å². The SMILES string of the molecule is COCCNC(=O)CNc1nc2cc(F)ccc2s1. The molecule has 0 atom stereocenters. The molecule has 2 N–H and O–H groups in total. The van der Waals surface area contributed by atoms with E-state index in [0.717, 1.165) is 4.70 Å². The molecule has 7 heteroatoms. The number of benzene rings is 1. The van der Waals surface area contributed by atoms with E-state index in [1.54, 1.807) is 13.2 Å². The third-order valence-electron chi connectivity index (χ3n) is 2.38. The van der Waals surface area contributed by atoms with Crippen LogP contribution < -0.4 is 10.6 Å². The van der Waals surface area contributed by atoms with Gasteiger partial charge in [-0.25, -0.2) is 9.37 Å². The van der Waals surface area contributed by atoms with Gasteiger partial charge in [0, 0.05) is 19.7 Å². The van der Waals surface area contributed by atoms with Crippen LogP contribution in [0.25, 0.3) is 10.2 Å². The molecule has 0 aliphatic rings. The summed E-state index contributed by atoms with van der Waals surface area (Å²) in [5, 5.41) is 6.20. The smallest absolute Gasteiger partial charge is 0.239 e. The summed E-state index contributed by atoms with van der Waals surface area (Å²) in [5.74, 6) is -0.454. The van der Waals surface area contributed by atoms with E-state index in [2.05, 4.69) is 15.6 Å². The number of aromatic nitrogens is 1. The molecule has 0 unspecified atom stereocenters. The van der Waals surface area contributed by atoms with Gasteiger partial charge in [0.25, 0.3) is 0 Å². The van der Waals surface area contributed by atoms with Crippen LogP contribution in [0.3, 0.4) is 0 Å². The van der Waals surface area contributed by atoms with Gasteiger partial charge < -0.3 is 15.4 Å². The van der Waals surface area contributed by atoms with E-state index in [9.17, 15) is 9.18 Å². The van der Waals surface area contributed by atoms with E-state index < -0.39 is 0 Å². The fraction of sp³-hybridized carbons (Fsp3) is 0.333. The number of carbonyl (C=O) groups excluding carboxylic acids is 1. The summed E-state index contributed by atoms with van der Waals surface area (Å²) < 4.78 is 18.7. The Morgan fingerprint density at radius 1 is 1.53 bits per heavy atom. The normalized spacial score (nSPS) is 10.6. The van der Waals surface area contributed by atoms with E-state index in [1.165, 1.54) is 23.5 Å². The lowest BCUT2D eigenvalue weighted by atomic mass is 10.3. The first kappa shape index (κ1) is 13.7. The van der Waals surface area contributed by atoms with Crippen LogP contribution in [-0.2, 0) is 9.53 Å². The average molecular weight is 283 g/mol. The molecule has 5 nitrogen and oxygen atoms in total. The molecule has 0 spiro atoms. The summed E-state index contributed by atoms with van der Waals surface area (Å²) in [5.41, 5.74) is 0.590. The van der Waals surface area contributed by atoms with Gasteiger partial charge in [-0.3, -0.25) is 4.79 Å². The van der Waals surface area contributed by atoms with Crippen molar-refractivity contribution in [2.75, 3.05) is 32.1 Å². The van der Waals surface area contributed by atoms with Crippen LogP contribution >= 0.6 is 11.3 Å². The predicted octanol–water partition coefficient (Wildman–Crippen LogP) is 1.61. The third kappa shape index (κ3) is 3.87. The molecule has 1 heterocycles. The Bertz CT molecular complexity index is 573. The number of amides is 1. The van der Waals surface area contributed by atoms with Gasteiger partial charge in [0.15, 0.2) is 5.13 Å². The van der Waals surface area contributed by atoms with Crippen molar-refractivity contribution in [2.24, 2.45) is 0 Å². The predicted molar refractivity (Wildman–Crippen MR) is 73.0 cm³/mol. The Labute approximate surface area is 113 Å². The number of carbonyl (C=O) groups is 1. The number of nitrogens with one attached hydrogen (secondary N) is 2. The Morgan fingerprint density at radius 3 is 3.16 bits per heavy atom. The van der Waals surface area contributed by atoms with Crippen molar-refractivity contribution in [2.45, 2.75) is 0 Å². The number of fused-ring (bicyclic) bond motifs is 1. The van der Waals surface area contributed by atoms with Gasteiger partial charge >= 0.3 is 0 Å². The van der Waals surface area contributed by atoms with Crippen LogP contribution in [0.4, 0.5) is 9.52 Å². The molecule has 0 saturated heterocycles. The molecular weight excluding hydrogens is 269 g/mol. The van der Waals surface area contributed by atoms with Crippen molar-refractivity contribution >= 4 is 32.6 Å². The second-order valence-electron chi connectivity index (χ2n) is 3.83. The van der Waals surface area contributed by atoms with Crippen molar-refractivity contribution in [3.05, 3.63) is 24.0 Å². The quantitative estimate of drug-likeness (QED) is 0.791. The molecule has 2 aromatic rings. The van der Waals surface area contributed by atoms with Crippen LogP contribution in [0.15, 0.2) is 18.2 Å². The zero-order valence-electron chi connectivity index (χ0n) is 10.4. The van der Waals surface area contributed by atoms with Crippen LogP contribution in [0.5, 0.6) is 0 Å². The van der Waals surface area contributed by atoms with Crippen LogP contribution in [0.1, 0.15) is 0 Å². The topological polar surface area (TPSA) is 63.2 Å². The van der Waals surface area contributed by atoms with Gasteiger partial charge in [0.05, 0.1) is 23.4 Å². The van der Waals surface area contributed by atoms with Gasteiger partial charge in [0.1, 0.15) is 5.82 Å². The van der Waals surface area contributed by atoms with E-state index in [4.69, 9.17) is 4.74 Å². The summed E-state index contributed by atoms with van der Waals surface area (Å²) in [6, 6.07) is 4.43. The maximum absolute atomic E-state index is 13.0. The number of methoxy groups -OCH3 is 1. The third-order valence-corrected chi connectivity index (χ3v) is 3.37. The highest BCUT2D eigenvalue weighted by Crippen LogP contribution is 2.25. The van der Waals surface area contributed by atoms with E-state index in [1.807, 2.05) is 0 Å². The first-order valence-corrected chi connectivity index (χ1v) is 6.56. The largest absolute Gasteiger partial charge is 0.383 e. The summed E-state index contributed by atoms with van der Waals surface area (Å²) in [6.45, 7) is 1.08. The molecule has 0 aliphatic heterocycles. The highest BCUT2D eigenvalue weighted by molar-refractivity contribution is 7.22. The minimum Gasteiger partial charge on any atom is -0.383 e. The fourth-order valence-electron chi connectivity index (χ4n) is 1.49. The summed E-state index contributed by atoms with van der Waals surface area (Å²) in [4.78, 5) is 15.7. The summed E-state index contributed by atoms with van der Waals surface area (Å²) >= 11 is 1.38. The van der Waals surface area contributed by atoms with Crippen LogP contribution in [-0.4, -0.2) is 37.7 Å². The number of hydrogen-bond acceptors (Lipinski definition) is 5. The van der Waals surface area contributed by atoms with Gasteiger partial charge in [-0.05, 0) is 12.1 Å². The van der Waals surface area contributed by atoms with Gasteiger partial charge in [0.2, 0.25) is 5.91 Å². The first-order valence-electron chi connectivity index (χ1n) is 5.74. The van der Waals surface area contributed by atoms with Crippen molar-refractivity contribution in [3.8, 4) is 0 Å². The molecule has 2 rings (SSSR count). The lowest BCUT2D eigenvalue weighted by Crippen LogP contribution is -2.32. The number of ether oxygens (including phenoxy) is 1. The van der Waals surface area contributed by atoms with Crippen LogP contribution in [0, 0.1) is 5.82 Å². The molecule has 0 bridgehead atoms. The van der Waals surface area contributed by atoms with Crippen LogP contribution in [0.2, 0.25) is 0 Å². The Hall–Kier alpha value is -1.73. The Balaban J connectivity index is 1.89. The minimum absolute atomic E-state index is 0.131. The number of hydrogen-bond donors (Lipinski definition) is 2. The Kier molecular flexibility index (Phi) is 4.64. The van der Waals surface area contributed by atoms with Crippen molar-refractivity contribution in [3.63, 3.8) is 0 Å². The number of anilines is 1. The molecular formula is C12H14FN3O2S. The van der Waals surface area contributed by atoms with Gasteiger partial charge in [-0.15, -0.1) is 0 Å². The highest BCUT2D eigenvalue weighted by Gasteiger charge is 2.06. The lowest BCUT2D eigenvalue weighted by molar-refractivity contribution is -0.119. The molecule has 0 fully saturated rings. The van der Waals surface area contributed by atoms with Crippen molar-refractivity contribution in [1.29, 1.82) is 0 Å². The Morgan fingerprint density at radius 2 is 2.37 bits per heavy atom. The highest BCUT2D eigenvalue weighted by atomic mass is 32.1. The van der Waals surface area contributed by atoms with Gasteiger partial charge in [-0.2, -0.15) is 0 Å². The zero-order valence-corrected chi connectivity index (χ0v) is 11.2. The molecule has 0 saturated carbocycles. The fourth-order valence-corrected chi connectivity index (χ4v) is 2.33.